The first kappa shape index (κ1) is 11.3. The van der Waals surface area contributed by atoms with Gasteiger partial charge in [0.15, 0.2) is 0 Å². The van der Waals surface area contributed by atoms with Crippen LogP contribution in [0.15, 0.2) is 36.5 Å². The first-order chi connectivity index (χ1) is 8.83. The third-order valence-corrected chi connectivity index (χ3v) is 3.73. The summed E-state index contributed by atoms with van der Waals surface area (Å²) >= 11 is 0. The van der Waals surface area contributed by atoms with Crippen molar-refractivity contribution >= 4 is 12.3 Å². The minimum atomic E-state index is 1.22. The largest absolute Gasteiger partial charge is 0.327 e. The Hall–Kier alpha value is -1.76. The zero-order chi connectivity index (χ0) is 12.4. The lowest BCUT2D eigenvalue weighted by Gasteiger charge is -2.13. The Labute approximate surface area is 109 Å². The van der Waals surface area contributed by atoms with Crippen molar-refractivity contribution in [1.29, 1.82) is 0 Å². The van der Waals surface area contributed by atoms with Crippen LogP contribution in [-0.4, -0.2) is 4.57 Å². The lowest BCUT2D eigenvalue weighted by atomic mass is 9.98. The maximum atomic E-state index is 2.29. The molecule has 1 aliphatic carbocycles. The number of aryl methyl sites for hydroxylation is 2. The maximum absolute atomic E-state index is 2.29. The number of aromatic nitrogens is 1. The molecular formula is C17H19N. The van der Waals surface area contributed by atoms with Gasteiger partial charge in [-0.2, -0.15) is 0 Å². The van der Waals surface area contributed by atoms with Crippen molar-refractivity contribution in [2.24, 2.45) is 0 Å². The van der Waals surface area contributed by atoms with Crippen molar-refractivity contribution < 1.29 is 0 Å². The average molecular weight is 237 g/mol. The fraction of sp³-hybridized carbons (Fsp3) is 0.294. The molecule has 0 bridgehead atoms. The predicted octanol–water partition coefficient (Wildman–Crippen LogP) is 4.30. The number of nitrogens with zero attached hydrogens (tertiary/aromatic N) is 1. The van der Waals surface area contributed by atoms with E-state index in [2.05, 4.69) is 60.3 Å². The van der Waals surface area contributed by atoms with Gasteiger partial charge in [-0.05, 0) is 55.9 Å². The molecule has 0 atom stereocenters. The number of benzene rings is 1. The molecule has 18 heavy (non-hydrogen) atoms. The minimum absolute atomic E-state index is 1.22. The van der Waals surface area contributed by atoms with Crippen molar-refractivity contribution in [2.75, 3.05) is 0 Å². The molecule has 1 nitrogen and oxygen atoms in total. The lowest BCUT2D eigenvalue weighted by Crippen LogP contribution is -2.03. The highest BCUT2D eigenvalue weighted by atomic mass is 14.9. The maximum Gasteiger partial charge on any atom is 0.0252 e. The Morgan fingerprint density at radius 3 is 2.61 bits per heavy atom. The van der Waals surface area contributed by atoms with Gasteiger partial charge in [0.1, 0.15) is 0 Å². The van der Waals surface area contributed by atoms with Gasteiger partial charge in [-0.15, -0.1) is 0 Å². The van der Waals surface area contributed by atoms with Gasteiger partial charge in [0.25, 0.3) is 0 Å². The van der Waals surface area contributed by atoms with Crippen molar-refractivity contribution in [1.82, 2.24) is 4.57 Å². The predicted molar refractivity (Wildman–Crippen MR) is 77.5 cm³/mol. The molecule has 3 rings (SSSR count). The Bertz CT molecular complexity index is 558. The van der Waals surface area contributed by atoms with Crippen molar-refractivity contribution in [2.45, 2.75) is 32.6 Å². The van der Waals surface area contributed by atoms with Gasteiger partial charge in [-0.25, -0.2) is 0 Å². The van der Waals surface area contributed by atoms with Gasteiger partial charge < -0.3 is 4.57 Å². The van der Waals surface area contributed by atoms with Gasteiger partial charge in [0, 0.05) is 18.1 Å². The number of rotatable bonds is 2. The molecule has 0 unspecified atom stereocenters. The van der Waals surface area contributed by atoms with Crippen LogP contribution in [0.25, 0.3) is 12.3 Å². The Morgan fingerprint density at radius 2 is 1.78 bits per heavy atom. The monoisotopic (exact) mass is 237 g/mol. The highest BCUT2D eigenvalue weighted by Crippen LogP contribution is 2.22. The van der Waals surface area contributed by atoms with Crippen LogP contribution in [0.3, 0.4) is 0 Å². The molecule has 0 amide bonds. The quantitative estimate of drug-likeness (QED) is 0.733. The second kappa shape index (κ2) is 4.85. The molecular weight excluding hydrogens is 218 g/mol. The highest BCUT2D eigenvalue weighted by Gasteiger charge is 2.11. The van der Waals surface area contributed by atoms with Gasteiger partial charge in [0.05, 0.1) is 0 Å². The molecule has 1 heteroatoms. The summed E-state index contributed by atoms with van der Waals surface area (Å²) in [6.45, 7) is 2.12. The SMILES string of the molecule is Cc1ccc(/C=C/n2ccc3c2CCCC3)cc1. The second-order valence-electron chi connectivity index (χ2n) is 5.13. The summed E-state index contributed by atoms with van der Waals surface area (Å²) in [5.41, 5.74) is 5.61. The summed E-state index contributed by atoms with van der Waals surface area (Å²) in [7, 11) is 0. The van der Waals surface area contributed by atoms with E-state index < -0.39 is 0 Å². The van der Waals surface area contributed by atoms with Crippen molar-refractivity contribution in [3.05, 3.63) is 58.9 Å². The number of fused-ring (bicyclic) bond motifs is 1. The van der Waals surface area contributed by atoms with E-state index in [1.807, 2.05) is 0 Å². The molecule has 0 aliphatic heterocycles. The van der Waals surface area contributed by atoms with E-state index in [-0.39, 0.29) is 0 Å². The lowest BCUT2D eigenvalue weighted by molar-refractivity contribution is 0.667. The fourth-order valence-corrected chi connectivity index (χ4v) is 2.63. The summed E-state index contributed by atoms with van der Waals surface area (Å²) in [5.74, 6) is 0. The summed E-state index contributed by atoms with van der Waals surface area (Å²) < 4.78 is 2.29. The van der Waals surface area contributed by atoms with E-state index in [4.69, 9.17) is 0 Å². The van der Waals surface area contributed by atoms with E-state index in [9.17, 15) is 0 Å². The van der Waals surface area contributed by atoms with E-state index in [1.54, 1.807) is 0 Å². The second-order valence-corrected chi connectivity index (χ2v) is 5.13. The molecule has 1 aromatic carbocycles. The molecule has 0 saturated carbocycles. The third-order valence-electron chi connectivity index (χ3n) is 3.73. The number of hydrogen-bond acceptors (Lipinski definition) is 0. The summed E-state index contributed by atoms with van der Waals surface area (Å²) in [6.07, 6.45) is 11.7. The van der Waals surface area contributed by atoms with Crippen LogP contribution in [-0.2, 0) is 12.8 Å². The first-order valence-electron chi connectivity index (χ1n) is 6.76. The standard InChI is InChI=1S/C17H19N/c1-14-6-8-15(9-7-14)10-12-18-13-11-16-4-2-3-5-17(16)18/h6-13H,2-5H2,1H3/b12-10+. The summed E-state index contributed by atoms with van der Waals surface area (Å²) in [5, 5.41) is 0. The fourth-order valence-electron chi connectivity index (χ4n) is 2.63. The van der Waals surface area contributed by atoms with E-state index in [1.165, 1.54) is 48.1 Å². The smallest absolute Gasteiger partial charge is 0.0252 e. The van der Waals surface area contributed by atoms with Crippen molar-refractivity contribution in [3.63, 3.8) is 0 Å². The van der Waals surface area contributed by atoms with E-state index in [0.717, 1.165) is 0 Å². The molecule has 0 fully saturated rings. The molecule has 0 saturated heterocycles. The molecule has 0 spiro atoms. The van der Waals surface area contributed by atoms with Gasteiger partial charge in [-0.1, -0.05) is 29.8 Å². The van der Waals surface area contributed by atoms with Gasteiger partial charge in [-0.3, -0.25) is 0 Å². The summed E-state index contributed by atoms with van der Waals surface area (Å²) in [6, 6.07) is 10.9. The third kappa shape index (κ3) is 2.26. The van der Waals surface area contributed by atoms with Crippen LogP contribution in [0.1, 0.15) is 35.2 Å². The van der Waals surface area contributed by atoms with Crippen molar-refractivity contribution in [3.8, 4) is 0 Å². The zero-order valence-electron chi connectivity index (χ0n) is 10.9. The zero-order valence-corrected chi connectivity index (χ0v) is 10.9. The van der Waals surface area contributed by atoms with Crippen LogP contribution in [0, 0.1) is 6.92 Å². The topological polar surface area (TPSA) is 4.93 Å². The minimum Gasteiger partial charge on any atom is -0.327 e. The first-order valence-corrected chi connectivity index (χ1v) is 6.76. The summed E-state index contributed by atoms with van der Waals surface area (Å²) in [4.78, 5) is 0. The molecule has 0 radical (unpaired) electrons. The Kier molecular flexibility index (Phi) is 3.06. The molecule has 2 aromatic rings. The average Bonchev–Trinajstić information content (AvgIpc) is 2.82. The van der Waals surface area contributed by atoms with E-state index in [0.29, 0.717) is 0 Å². The molecule has 1 aromatic heterocycles. The normalized spacial score (nSPS) is 14.9. The van der Waals surface area contributed by atoms with Crippen LogP contribution < -0.4 is 0 Å². The van der Waals surface area contributed by atoms with Crippen LogP contribution in [0.4, 0.5) is 0 Å². The highest BCUT2D eigenvalue weighted by molar-refractivity contribution is 5.61. The molecule has 0 N–H and O–H groups in total. The molecule has 1 heterocycles. The Balaban J connectivity index is 1.84. The van der Waals surface area contributed by atoms with Gasteiger partial charge >= 0.3 is 0 Å². The van der Waals surface area contributed by atoms with Crippen LogP contribution in [0.5, 0.6) is 0 Å². The van der Waals surface area contributed by atoms with E-state index >= 15 is 0 Å². The van der Waals surface area contributed by atoms with Gasteiger partial charge in [0.2, 0.25) is 0 Å². The molecule has 1 aliphatic rings. The van der Waals surface area contributed by atoms with Crippen LogP contribution >= 0.6 is 0 Å². The van der Waals surface area contributed by atoms with Crippen LogP contribution in [0.2, 0.25) is 0 Å². The molecule has 92 valence electrons. The number of hydrogen-bond donors (Lipinski definition) is 0. The Morgan fingerprint density at radius 1 is 1.00 bits per heavy atom.